The van der Waals surface area contributed by atoms with E-state index >= 15 is 0 Å². The van der Waals surface area contributed by atoms with Gasteiger partial charge in [0.2, 0.25) is 10.0 Å². The average Bonchev–Trinajstić information content (AvgIpc) is 3.27. The second-order valence-corrected chi connectivity index (χ2v) is 8.76. The van der Waals surface area contributed by atoms with Gasteiger partial charge in [-0.05, 0) is 48.7 Å². The Hall–Kier alpha value is -2.59. The van der Waals surface area contributed by atoms with Crippen molar-refractivity contribution < 1.29 is 31.1 Å². The van der Waals surface area contributed by atoms with E-state index in [9.17, 15) is 26.4 Å². The number of halogens is 3. The number of benzene rings is 2. The van der Waals surface area contributed by atoms with Crippen LogP contribution in [0.1, 0.15) is 34.3 Å². The number of methoxy groups -OCH3 is 1. The summed E-state index contributed by atoms with van der Waals surface area (Å²) in [7, 11) is -2.48. The average molecular weight is 442 g/mol. The molecule has 0 atom stereocenters. The summed E-state index contributed by atoms with van der Waals surface area (Å²) in [6.45, 7) is 0.665. The highest BCUT2D eigenvalue weighted by Gasteiger charge is 2.31. The van der Waals surface area contributed by atoms with Crippen LogP contribution in [0.3, 0.4) is 0 Å². The van der Waals surface area contributed by atoms with E-state index in [1.165, 1.54) is 41.7 Å². The number of hydrogen-bond acceptors (Lipinski definition) is 4. The lowest BCUT2D eigenvalue weighted by molar-refractivity contribution is -0.137. The van der Waals surface area contributed by atoms with Crippen LogP contribution >= 0.6 is 0 Å². The first kappa shape index (κ1) is 22.1. The van der Waals surface area contributed by atoms with E-state index in [2.05, 4.69) is 5.32 Å². The van der Waals surface area contributed by atoms with Crippen LogP contribution in [0.2, 0.25) is 0 Å². The van der Waals surface area contributed by atoms with Crippen molar-refractivity contribution in [2.75, 3.05) is 20.2 Å². The Kier molecular flexibility index (Phi) is 6.37. The molecule has 1 heterocycles. The second kappa shape index (κ2) is 8.65. The minimum absolute atomic E-state index is 0.0700. The van der Waals surface area contributed by atoms with Crippen LogP contribution < -0.4 is 10.1 Å². The van der Waals surface area contributed by atoms with Crippen LogP contribution in [-0.2, 0) is 22.7 Å². The molecule has 0 aliphatic carbocycles. The zero-order valence-corrected chi connectivity index (χ0v) is 17.0. The smallest absolute Gasteiger partial charge is 0.416 e. The van der Waals surface area contributed by atoms with Crippen LogP contribution in [0.5, 0.6) is 5.75 Å². The summed E-state index contributed by atoms with van der Waals surface area (Å²) in [5.41, 5.74) is -0.463. The van der Waals surface area contributed by atoms with Gasteiger partial charge in [0, 0.05) is 25.2 Å². The molecule has 1 N–H and O–H groups in total. The predicted octanol–water partition coefficient (Wildman–Crippen LogP) is 3.43. The molecule has 0 bridgehead atoms. The van der Waals surface area contributed by atoms with E-state index < -0.39 is 27.7 Å². The molecule has 3 rings (SSSR count). The highest BCUT2D eigenvalue weighted by atomic mass is 32.2. The quantitative estimate of drug-likeness (QED) is 0.744. The maximum atomic E-state index is 12.9. The SMILES string of the molecule is COc1ccc(C(=O)NCc2cccc(C(F)(F)F)c2)cc1S(=O)(=O)N1CCCC1. The fourth-order valence-corrected chi connectivity index (χ4v) is 4.93. The van der Waals surface area contributed by atoms with Gasteiger partial charge in [0.1, 0.15) is 10.6 Å². The number of carbonyl (C=O) groups excluding carboxylic acids is 1. The molecule has 10 heteroatoms. The summed E-state index contributed by atoms with van der Waals surface area (Å²) in [5, 5.41) is 2.52. The van der Waals surface area contributed by atoms with Crippen molar-refractivity contribution in [3.63, 3.8) is 0 Å². The number of amides is 1. The Bertz CT molecular complexity index is 1030. The van der Waals surface area contributed by atoms with Gasteiger partial charge in [0.05, 0.1) is 12.7 Å². The Morgan fingerprint density at radius 2 is 1.83 bits per heavy atom. The van der Waals surface area contributed by atoms with Crippen molar-refractivity contribution in [1.82, 2.24) is 9.62 Å². The molecule has 1 aliphatic heterocycles. The molecule has 1 saturated heterocycles. The van der Waals surface area contributed by atoms with Crippen molar-refractivity contribution in [3.8, 4) is 5.75 Å². The predicted molar refractivity (Wildman–Crippen MR) is 104 cm³/mol. The van der Waals surface area contributed by atoms with Crippen LogP contribution in [0.25, 0.3) is 0 Å². The number of rotatable bonds is 6. The minimum Gasteiger partial charge on any atom is -0.495 e. The number of hydrogen-bond donors (Lipinski definition) is 1. The van der Waals surface area contributed by atoms with E-state index in [1.54, 1.807) is 0 Å². The second-order valence-electron chi connectivity index (χ2n) is 6.86. The highest BCUT2D eigenvalue weighted by molar-refractivity contribution is 7.89. The first-order valence-corrected chi connectivity index (χ1v) is 10.7. The third-order valence-electron chi connectivity index (χ3n) is 4.82. The van der Waals surface area contributed by atoms with Gasteiger partial charge in [-0.3, -0.25) is 4.79 Å². The number of carbonyl (C=O) groups is 1. The topological polar surface area (TPSA) is 75.7 Å². The summed E-state index contributed by atoms with van der Waals surface area (Å²) in [6.07, 6.45) is -2.95. The molecule has 1 fully saturated rings. The lowest BCUT2D eigenvalue weighted by Crippen LogP contribution is -2.29. The van der Waals surface area contributed by atoms with Crippen LogP contribution in [-0.4, -0.2) is 38.8 Å². The minimum atomic E-state index is -4.48. The monoisotopic (exact) mass is 442 g/mol. The van der Waals surface area contributed by atoms with Gasteiger partial charge in [-0.1, -0.05) is 12.1 Å². The highest BCUT2D eigenvalue weighted by Crippen LogP contribution is 2.31. The molecule has 0 aromatic heterocycles. The zero-order chi connectivity index (χ0) is 21.9. The molecular formula is C20H21F3N2O4S. The van der Waals surface area contributed by atoms with Crippen LogP contribution in [0.15, 0.2) is 47.4 Å². The first-order valence-electron chi connectivity index (χ1n) is 9.25. The van der Waals surface area contributed by atoms with E-state index in [0.717, 1.165) is 25.0 Å². The molecule has 2 aromatic rings. The van der Waals surface area contributed by atoms with Crippen molar-refractivity contribution in [3.05, 3.63) is 59.2 Å². The van der Waals surface area contributed by atoms with Crippen LogP contribution in [0, 0.1) is 0 Å². The summed E-state index contributed by atoms with van der Waals surface area (Å²) in [4.78, 5) is 12.4. The zero-order valence-electron chi connectivity index (χ0n) is 16.2. The van der Waals surface area contributed by atoms with Gasteiger partial charge < -0.3 is 10.1 Å². The number of nitrogens with one attached hydrogen (secondary N) is 1. The van der Waals surface area contributed by atoms with Crippen molar-refractivity contribution in [1.29, 1.82) is 0 Å². The van der Waals surface area contributed by atoms with E-state index in [4.69, 9.17) is 4.74 Å². The summed E-state index contributed by atoms with van der Waals surface area (Å²) in [5.74, 6) is -0.482. The van der Waals surface area contributed by atoms with Gasteiger partial charge >= 0.3 is 6.18 Å². The van der Waals surface area contributed by atoms with E-state index in [0.29, 0.717) is 13.1 Å². The molecule has 0 radical (unpaired) electrons. The number of sulfonamides is 1. The van der Waals surface area contributed by atoms with E-state index in [-0.39, 0.29) is 28.3 Å². The molecule has 30 heavy (non-hydrogen) atoms. The summed E-state index contributed by atoms with van der Waals surface area (Å²) < 4.78 is 70.8. The molecule has 6 nitrogen and oxygen atoms in total. The van der Waals surface area contributed by atoms with Crippen molar-refractivity contribution in [2.45, 2.75) is 30.5 Å². The maximum absolute atomic E-state index is 12.9. The molecule has 0 saturated carbocycles. The summed E-state index contributed by atoms with van der Waals surface area (Å²) in [6, 6.07) is 8.66. The van der Waals surface area contributed by atoms with Gasteiger partial charge in [-0.25, -0.2) is 8.42 Å². The fourth-order valence-electron chi connectivity index (χ4n) is 3.23. The molecule has 1 aliphatic rings. The van der Waals surface area contributed by atoms with Gasteiger partial charge in [0.25, 0.3) is 5.91 Å². The fraction of sp³-hybridized carbons (Fsp3) is 0.350. The first-order chi connectivity index (χ1) is 14.1. The van der Waals surface area contributed by atoms with Crippen molar-refractivity contribution >= 4 is 15.9 Å². The van der Waals surface area contributed by atoms with Gasteiger partial charge in [-0.2, -0.15) is 17.5 Å². The van der Waals surface area contributed by atoms with Gasteiger partial charge in [-0.15, -0.1) is 0 Å². The Balaban J connectivity index is 1.80. The van der Waals surface area contributed by atoms with E-state index in [1.807, 2.05) is 0 Å². The molecule has 0 unspecified atom stereocenters. The van der Waals surface area contributed by atoms with Gasteiger partial charge in [0.15, 0.2) is 0 Å². The largest absolute Gasteiger partial charge is 0.495 e. The normalized spacial score (nSPS) is 15.2. The van der Waals surface area contributed by atoms with Crippen LogP contribution in [0.4, 0.5) is 13.2 Å². The van der Waals surface area contributed by atoms with Crippen molar-refractivity contribution in [2.24, 2.45) is 0 Å². The molecule has 0 spiro atoms. The number of alkyl halides is 3. The molecule has 1 amide bonds. The Labute approximate surface area is 172 Å². The molecule has 162 valence electrons. The maximum Gasteiger partial charge on any atom is 0.416 e. The lowest BCUT2D eigenvalue weighted by atomic mass is 10.1. The summed E-state index contributed by atoms with van der Waals surface area (Å²) >= 11 is 0. The Morgan fingerprint density at radius 3 is 2.47 bits per heavy atom. The lowest BCUT2D eigenvalue weighted by Gasteiger charge is -2.18. The number of nitrogens with zero attached hydrogens (tertiary/aromatic N) is 1. The molecular weight excluding hydrogens is 421 g/mol. The number of ether oxygens (including phenoxy) is 1. The third kappa shape index (κ3) is 4.76. The third-order valence-corrected chi connectivity index (χ3v) is 6.74. The standard InChI is InChI=1S/C20H21F3N2O4S/c1-29-17-8-7-15(12-18(17)30(27,28)25-9-2-3-10-25)19(26)24-13-14-5-4-6-16(11-14)20(21,22)23/h4-8,11-12H,2-3,9-10,13H2,1H3,(H,24,26). The Morgan fingerprint density at radius 1 is 1.13 bits per heavy atom. The molecule has 2 aromatic carbocycles.